The molecule has 0 aliphatic carbocycles. The summed E-state index contributed by atoms with van der Waals surface area (Å²) in [6.07, 6.45) is 4.04. The van der Waals surface area contributed by atoms with Crippen LogP contribution >= 0.6 is 53.2 Å². The molecule has 2 aliphatic heterocycles. The van der Waals surface area contributed by atoms with Gasteiger partial charge in [0.15, 0.2) is 0 Å². The molecule has 49 heavy (non-hydrogen) atoms. The number of aryl methyl sites for hydroxylation is 1. The zero-order valence-electron chi connectivity index (χ0n) is 28.4. The molecule has 2 aliphatic rings. The van der Waals surface area contributed by atoms with Crippen molar-refractivity contribution in [3.05, 3.63) is 58.3 Å². The van der Waals surface area contributed by atoms with Gasteiger partial charge in [-0.05, 0) is 112 Å². The number of aromatic nitrogens is 3. The van der Waals surface area contributed by atoms with E-state index < -0.39 is 7.14 Å². The monoisotopic (exact) mass is 874 g/mol. The predicted molar refractivity (Wildman–Crippen MR) is 218 cm³/mol. The standard InChI is InChI=1S/C35H41BrIN8O2PS/c1-23-20-30(32(47-3)21-31(23)45-13-10-25(11-14-45)44-17-15-43(2)16-18-44)41-35-38-22-27(36)34(42-35)40-29-9-8-28-26(33(29)48(4,5)46)7-6-24(39-28)12-19-49-37/h6-9,20-22,25H,10-11,13-18H2,1-5H3,(H2,38,40,41,42). The highest BCUT2D eigenvalue weighted by atomic mass is 127. The molecular formula is C35H41BrIN8O2PS. The molecule has 14 heteroatoms. The molecule has 0 radical (unpaired) electrons. The number of hydrogen-bond acceptors (Lipinski definition) is 11. The first-order valence-corrected chi connectivity index (χ1v) is 23.0. The van der Waals surface area contributed by atoms with E-state index in [0.717, 1.165) is 67.2 Å². The molecule has 0 bridgehead atoms. The van der Waals surface area contributed by atoms with Crippen LogP contribution in [0.3, 0.4) is 0 Å². The number of nitrogens with one attached hydrogen (secondary N) is 2. The van der Waals surface area contributed by atoms with Crippen LogP contribution in [-0.4, -0.2) is 97.5 Å². The number of ether oxygens (including phenoxy) is 1. The Bertz CT molecular complexity index is 1950. The molecule has 2 N–H and O–H groups in total. The van der Waals surface area contributed by atoms with Crippen molar-refractivity contribution in [2.75, 3.05) is 82.3 Å². The molecule has 6 rings (SSSR count). The first-order chi connectivity index (χ1) is 23.5. The number of rotatable bonds is 8. The molecule has 258 valence electrons. The molecule has 2 aromatic carbocycles. The van der Waals surface area contributed by atoms with Gasteiger partial charge in [-0.2, -0.15) is 4.98 Å². The van der Waals surface area contributed by atoms with E-state index >= 15 is 0 Å². The molecule has 0 unspecified atom stereocenters. The number of piperazine rings is 1. The summed E-state index contributed by atoms with van der Waals surface area (Å²) in [4.78, 5) is 21.6. The Balaban J connectivity index is 1.22. The molecule has 2 aromatic heterocycles. The van der Waals surface area contributed by atoms with E-state index in [1.807, 2.05) is 24.3 Å². The summed E-state index contributed by atoms with van der Waals surface area (Å²) in [6.45, 7) is 12.4. The van der Waals surface area contributed by atoms with E-state index in [4.69, 9.17) is 14.7 Å². The summed E-state index contributed by atoms with van der Waals surface area (Å²) >= 11 is 5.74. The van der Waals surface area contributed by atoms with Crippen LogP contribution in [0.4, 0.5) is 28.8 Å². The smallest absolute Gasteiger partial charge is 0.229 e. The molecule has 2 saturated heterocycles. The van der Waals surface area contributed by atoms with E-state index in [-0.39, 0.29) is 0 Å². The maximum Gasteiger partial charge on any atom is 0.229 e. The van der Waals surface area contributed by atoms with Crippen molar-refractivity contribution in [2.45, 2.75) is 25.8 Å². The normalized spacial score (nSPS) is 16.3. The van der Waals surface area contributed by atoms with E-state index in [0.29, 0.717) is 39.0 Å². The summed E-state index contributed by atoms with van der Waals surface area (Å²) in [5.41, 5.74) is 5.25. The number of piperidine rings is 1. The van der Waals surface area contributed by atoms with Gasteiger partial charge in [0.2, 0.25) is 5.95 Å². The Kier molecular flexibility index (Phi) is 11.6. The van der Waals surface area contributed by atoms with Gasteiger partial charge in [-0.3, -0.25) is 4.90 Å². The highest BCUT2D eigenvalue weighted by Gasteiger charge is 2.28. The number of fused-ring (bicyclic) bond motifs is 1. The molecular weight excluding hydrogens is 834 g/mol. The Morgan fingerprint density at radius 3 is 2.47 bits per heavy atom. The Morgan fingerprint density at radius 1 is 1.02 bits per heavy atom. The van der Waals surface area contributed by atoms with Gasteiger partial charge in [-0.25, -0.2) is 9.97 Å². The van der Waals surface area contributed by atoms with Crippen molar-refractivity contribution in [1.82, 2.24) is 24.8 Å². The van der Waals surface area contributed by atoms with Crippen LogP contribution in [0.5, 0.6) is 5.75 Å². The third-order valence-electron chi connectivity index (χ3n) is 9.22. The highest BCUT2D eigenvalue weighted by molar-refractivity contribution is 14.2. The minimum absolute atomic E-state index is 0.403. The molecule has 4 aromatic rings. The van der Waals surface area contributed by atoms with E-state index in [1.54, 1.807) is 26.6 Å². The number of hydrogen-bond donors (Lipinski definition) is 2. The molecule has 0 saturated carbocycles. The van der Waals surface area contributed by atoms with Gasteiger partial charge in [0.05, 0.1) is 28.5 Å². The zero-order valence-corrected chi connectivity index (χ0v) is 33.8. The minimum Gasteiger partial charge on any atom is -0.494 e. The quantitative estimate of drug-likeness (QED) is 0.105. The fourth-order valence-electron chi connectivity index (χ4n) is 6.72. The summed E-state index contributed by atoms with van der Waals surface area (Å²) < 4.78 is 20.2. The fourth-order valence-corrected chi connectivity index (χ4v) is 8.96. The van der Waals surface area contributed by atoms with Gasteiger partial charge >= 0.3 is 0 Å². The van der Waals surface area contributed by atoms with Crippen LogP contribution in [0.25, 0.3) is 10.9 Å². The summed E-state index contributed by atoms with van der Waals surface area (Å²) in [5, 5.41) is 11.3. The molecule has 0 atom stereocenters. The highest BCUT2D eigenvalue weighted by Crippen LogP contribution is 2.42. The van der Waals surface area contributed by atoms with Gasteiger partial charge in [0.1, 0.15) is 24.4 Å². The summed E-state index contributed by atoms with van der Waals surface area (Å²) in [7, 11) is 2.57. The van der Waals surface area contributed by atoms with Gasteiger partial charge in [-0.15, -0.1) is 0 Å². The van der Waals surface area contributed by atoms with Crippen LogP contribution in [0.1, 0.15) is 24.1 Å². The number of methoxy groups -OCH3 is 1. The van der Waals surface area contributed by atoms with Gasteiger partial charge in [-0.1, -0.05) is 0 Å². The topological polar surface area (TPSA) is 98.8 Å². The zero-order chi connectivity index (χ0) is 34.7. The van der Waals surface area contributed by atoms with Gasteiger partial charge in [0, 0.05) is 95.2 Å². The van der Waals surface area contributed by atoms with Crippen molar-refractivity contribution >= 4 is 98.2 Å². The number of anilines is 5. The summed E-state index contributed by atoms with van der Waals surface area (Å²) in [6, 6.07) is 12.5. The van der Waals surface area contributed by atoms with Crippen LogP contribution in [-0.2, 0) is 4.57 Å². The Labute approximate surface area is 313 Å². The van der Waals surface area contributed by atoms with Crippen molar-refractivity contribution in [3.63, 3.8) is 0 Å². The third-order valence-corrected chi connectivity index (χ3v) is 12.2. The second-order valence-electron chi connectivity index (χ2n) is 12.9. The lowest BCUT2D eigenvalue weighted by Gasteiger charge is -2.43. The second-order valence-corrected chi connectivity index (χ2v) is 18.6. The van der Waals surface area contributed by atoms with E-state index in [1.165, 1.54) is 27.5 Å². The summed E-state index contributed by atoms with van der Waals surface area (Å²) in [5.74, 6) is 4.71. The first-order valence-electron chi connectivity index (χ1n) is 16.2. The molecule has 0 amide bonds. The van der Waals surface area contributed by atoms with Crippen LogP contribution in [0.2, 0.25) is 0 Å². The molecule has 2 fully saturated rings. The lowest BCUT2D eigenvalue weighted by Crippen LogP contribution is -2.52. The van der Waals surface area contributed by atoms with Crippen LogP contribution < -0.4 is 25.6 Å². The largest absolute Gasteiger partial charge is 0.494 e. The number of benzene rings is 2. The third kappa shape index (κ3) is 8.48. The van der Waals surface area contributed by atoms with Gasteiger partial charge in [0.25, 0.3) is 0 Å². The number of halogens is 2. The van der Waals surface area contributed by atoms with Crippen LogP contribution in [0, 0.1) is 18.1 Å². The Morgan fingerprint density at radius 2 is 1.78 bits per heavy atom. The lowest BCUT2D eigenvalue weighted by molar-refractivity contribution is 0.0982. The van der Waals surface area contributed by atoms with E-state index in [9.17, 15) is 4.57 Å². The van der Waals surface area contributed by atoms with Gasteiger partial charge < -0.3 is 29.7 Å². The van der Waals surface area contributed by atoms with Crippen molar-refractivity contribution in [3.8, 4) is 16.9 Å². The van der Waals surface area contributed by atoms with E-state index in [2.05, 4.69) is 105 Å². The maximum atomic E-state index is 13.7. The SMILES string of the molecule is COc1cc(N2CCC(N3CCN(C)CC3)CC2)c(C)cc1Nc1ncc(Br)c(Nc2ccc3nc(C#CSI)ccc3c2P(C)(C)=O)n1. The van der Waals surface area contributed by atoms with Crippen molar-refractivity contribution in [2.24, 2.45) is 0 Å². The number of pyridine rings is 1. The molecule has 4 heterocycles. The molecule has 0 spiro atoms. The Hall–Kier alpha value is -2.60. The predicted octanol–water partition coefficient (Wildman–Crippen LogP) is 7.45. The number of likely N-dealkylation sites (N-methyl/N-ethyl adjacent to an activating group) is 1. The molecule has 10 nitrogen and oxygen atoms in total. The van der Waals surface area contributed by atoms with Crippen molar-refractivity contribution < 1.29 is 9.30 Å². The lowest BCUT2D eigenvalue weighted by atomic mass is 10.0. The first kappa shape index (κ1) is 36.2. The second kappa shape index (κ2) is 15.7. The maximum absolute atomic E-state index is 13.7. The van der Waals surface area contributed by atoms with Crippen molar-refractivity contribution in [1.29, 1.82) is 0 Å². The fraction of sp³-hybridized carbons (Fsp3) is 0.400. The van der Waals surface area contributed by atoms with Crippen LogP contribution in [0.15, 0.2) is 47.1 Å². The average Bonchev–Trinajstić information content (AvgIpc) is 3.08. The number of nitrogens with zero attached hydrogens (tertiary/aromatic N) is 6. The average molecular weight is 876 g/mol. The minimum atomic E-state index is -2.75.